The number of carbonyl (C=O) groups is 1. The zero-order valence-corrected chi connectivity index (χ0v) is 13.6. The van der Waals surface area contributed by atoms with Crippen LogP contribution in [0.5, 0.6) is 0 Å². The Morgan fingerprint density at radius 3 is 2.52 bits per heavy atom. The molecule has 0 saturated carbocycles. The van der Waals surface area contributed by atoms with Crippen LogP contribution in [0.4, 0.5) is 0 Å². The molecule has 3 aliphatic rings. The molecule has 120 valence electrons. The summed E-state index contributed by atoms with van der Waals surface area (Å²) in [5.41, 5.74) is -0.365. The number of hydrogen-bond acceptors (Lipinski definition) is 4. The average Bonchev–Trinajstić information content (AvgIpc) is 2.84. The van der Waals surface area contributed by atoms with E-state index in [9.17, 15) is 4.79 Å². The van der Waals surface area contributed by atoms with E-state index in [1.165, 1.54) is 25.9 Å². The quantitative estimate of drug-likeness (QED) is 0.798. The average molecular weight is 294 g/mol. The summed E-state index contributed by atoms with van der Waals surface area (Å²) in [5.74, 6) is 0.332. The van der Waals surface area contributed by atoms with Crippen molar-refractivity contribution >= 4 is 5.91 Å². The molecule has 3 rings (SSSR count). The molecule has 0 radical (unpaired) electrons. The maximum atomic E-state index is 13.1. The van der Waals surface area contributed by atoms with E-state index in [0.29, 0.717) is 11.9 Å². The molecule has 3 heterocycles. The largest absolute Gasteiger partial charge is 0.339 e. The van der Waals surface area contributed by atoms with Gasteiger partial charge in [-0.1, -0.05) is 0 Å². The summed E-state index contributed by atoms with van der Waals surface area (Å²) in [4.78, 5) is 20.2. The van der Waals surface area contributed by atoms with Gasteiger partial charge >= 0.3 is 0 Å². The fourth-order valence-corrected chi connectivity index (χ4v) is 4.14. The number of hydrogen-bond donors (Lipinski definition) is 1. The summed E-state index contributed by atoms with van der Waals surface area (Å²) in [6.45, 7) is 12.4. The molecule has 5 heteroatoms. The van der Waals surface area contributed by atoms with Gasteiger partial charge in [0, 0.05) is 51.9 Å². The highest BCUT2D eigenvalue weighted by Gasteiger charge is 2.40. The maximum absolute atomic E-state index is 13.1. The molecule has 1 unspecified atom stereocenters. The van der Waals surface area contributed by atoms with Crippen molar-refractivity contribution in [2.24, 2.45) is 0 Å². The number of rotatable bonds is 2. The monoisotopic (exact) mass is 294 g/mol. The number of nitrogens with zero attached hydrogens (tertiary/aromatic N) is 3. The van der Waals surface area contributed by atoms with Crippen molar-refractivity contribution < 1.29 is 4.79 Å². The van der Waals surface area contributed by atoms with Crippen LogP contribution in [0.15, 0.2) is 0 Å². The molecule has 1 amide bonds. The van der Waals surface area contributed by atoms with Crippen molar-refractivity contribution in [3.63, 3.8) is 0 Å². The fraction of sp³-hybridized carbons (Fsp3) is 0.938. The first-order valence-electron chi connectivity index (χ1n) is 8.58. The third-order valence-corrected chi connectivity index (χ3v) is 5.52. The molecule has 5 nitrogen and oxygen atoms in total. The molecule has 0 aromatic rings. The normalized spacial score (nSPS) is 29.2. The molecule has 3 fully saturated rings. The Kier molecular flexibility index (Phi) is 4.52. The van der Waals surface area contributed by atoms with Crippen molar-refractivity contribution in [2.45, 2.75) is 44.7 Å². The van der Waals surface area contributed by atoms with E-state index in [0.717, 1.165) is 45.7 Å². The lowest BCUT2D eigenvalue weighted by atomic mass is 9.99. The lowest BCUT2D eigenvalue weighted by Gasteiger charge is -2.42. The van der Waals surface area contributed by atoms with E-state index in [2.05, 4.69) is 33.9 Å². The molecule has 0 spiro atoms. The summed E-state index contributed by atoms with van der Waals surface area (Å²) in [7, 11) is 0. The summed E-state index contributed by atoms with van der Waals surface area (Å²) in [6, 6.07) is 0.607. The maximum Gasteiger partial charge on any atom is 0.242 e. The second kappa shape index (κ2) is 6.23. The van der Waals surface area contributed by atoms with Gasteiger partial charge in [0.1, 0.15) is 0 Å². The predicted octanol–water partition coefficient (Wildman–Crippen LogP) is 0.367. The first kappa shape index (κ1) is 15.3. The molecule has 0 aliphatic carbocycles. The highest BCUT2D eigenvalue weighted by Crippen LogP contribution is 2.25. The van der Waals surface area contributed by atoms with E-state index in [4.69, 9.17) is 0 Å². The van der Waals surface area contributed by atoms with Crippen molar-refractivity contribution in [1.82, 2.24) is 20.0 Å². The van der Waals surface area contributed by atoms with Gasteiger partial charge in [-0.15, -0.1) is 0 Å². The molecular formula is C16H30N4O. The Balaban J connectivity index is 1.67. The van der Waals surface area contributed by atoms with E-state index >= 15 is 0 Å². The number of piperazine rings is 1. The number of amides is 1. The molecule has 0 aromatic heterocycles. The standard InChI is InChI=1S/C16H30N4O/c1-16(2,20-11-6-17-7-12-20)15(21)19-10-4-9-18-8-3-5-14(18)13-19/h14,17H,3-13H2,1-2H3. The zero-order valence-electron chi connectivity index (χ0n) is 13.6. The van der Waals surface area contributed by atoms with Crippen LogP contribution in [0, 0.1) is 0 Å². The van der Waals surface area contributed by atoms with E-state index in [1.54, 1.807) is 0 Å². The van der Waals surface area contributed by atoms with Crippen LogP contribution in [0.1, 0.15) is 33.1 Å². The van der Waals surface area contributed by atoms with Gasteiger partial charge in [-0.2, -0.15) is 0 Å². The van der Waals surface area contributed by atoms with Crippen molar-refractivity contribution in [2.75, 3.05) is 52.4 Å². The van der Waals surface area contributed by atoms with Crippen LogP contribution in [-0.4, -0.2) is 84.5 Å². The Bertz CT molecular complexity index is 378. The first-order valence-corrected chi connectivity index (χ1v) is 8.58. The number of nitrogens with one attached hydrogen (secondary N) is 1. The van der Waals surface area contributed by atoms with E-state index in [1.807, 2.05) is 0 Å². The lowest BCUT2D eigenvalue weighted by molar-refractivity contribution is -0.143. The van der Waals surface area contributed by atoms with Crippen molar-refractivity contribution in [1.29, 1.82) is 0 Å². The second-order valence-corrected chi connectivity index (χ2v) is 7.23. The Hall–Kier alpha value is -0.650. The summed E-state index contributed by atoms with van der Waals surface area (Å²) in [5, 5.41) is 3.37. The van der Waals surface area contributed by atoms with E-state index < -0.39 is 0 Å². The minimum atomic E-state index is -0.365. The first-order chi connectivity index (χ1) is 10.1. The molecule has 1 atom stereocenters. The number of carbonyl (C=O) groups excluding carboxylic acids is 1. The van der Waals surface area contributed by atoms with Crippen LogP contribution in [0.25, 0.3) is 0 Å². The second-order valence-electron chi connectivity index (χ2n) is 7.23. The summed E-state index contributed by atoms with van der Waals surface area (Å²) in [6.07, 6.45) is 3.69. The van der Waals surface area contributed by atoms with Crippen LogP contribution >= 0.6 is 0 Å². The molecular weight excluding hydrogens is 264 g/mol. The molecule has 3 aliphatic heterocycles. The van der Waals surface area contributed by atoms with Gasteiger partial charge < -0.3 is 10.2 Å². The van der Waals surface area contributed by atoms with Gasteiger partial charge in [0.15, 0.2) is 0 Å². The van der Waals surface area contributed by atoms with E-state index in [-0.39, 0.29) is 5.54 Å². The van der Waals surface area contributed by atoms with Crippen LogP contribution < -0.4 is 5.32 Å². The highest BCUT2D eigenvalue weighted by molar-refractivity contribution is 5.85. The molecule has 1 N–H and O–H groups in total. The molecule has 3 saturated heterocycles. The molecule has 0 aromatic carbocycles. The van der Waals surface area contributed by atoms with Crippen molar-refractivity contribution in [3.8, 4) is 0 Å². The van der Waals surface area contributed by atoms with Gasteiger partial charge in [0.2, 0.25) is 5.91 Å². The van der Waals surface area contributed by atoms with Gasteiger partial charge in [0.25, 0.3) is 0 Å². The van der Waals surface area contributed by atoms with Gasteiger partial charge in [-0.25, -0.2) is 0 Å². The minimum Gasteiger partial charge on any atom is -0.339 e. The fourth-order valence-electron chi connectivity index (χ4n) is 4.14. The zero-order chi connectivity index (χ0) is 14.9. The predicted molar refractivity (Wildman–Crippen MR) is 84.3 cm³/mol. The Morgan fingerprint density at radius 2 is 1.76 bits per heavy atom. The SMILES string of the molecule is CC(C)(C(=O)N1CCCN2CCCC2C1)N1CCNCC1. The number of fused-ring (bicyclic) bond motifs is 1. The summed E-state index contributed by atoms with van der Waals surface area (Å²) < 4.78 is 0. The third kappa shape index (κ3) is 3.10. The molecule has 21 heavy (non-hydrogen) atoms. The topological polar surface area (TPSA) is 38.8 Å². The highest BCUT2D eigenvalue weighted by atomic mass is 16.2. The third-order valence-electron chi connectivity index (χ3n) is 5.52. The van der Waals surface area contributed by atoms with Crippen LogP contribution in [-0.2, 0) is 4.79 Å². The molecule has 0 bridgehead atoms. The van der Waals surface area contributed by atoms with Gasteiger partial charge in [-0.05, 0) is 39.7 Å². The van der Waals surface area contributed by atoms with Crippen LogP contribution in [0.2, 0.25) is 0 Å². The minimum absolute atomic E-state index is 0.332. The smallest absolute Gasteiger partial charge is 0.242 e. The van der Waals surface area contributed by atoms with Crippen LogP contribution in [0.3, 0.4) is 0 Å². The van der Waals surface area contributed by atoms with Gasteiger partial charge in [-0.3, -0.25) is 14.6 Å². The Labute approximate surface area is 128 Å². The van der Waals surface area contributed by atoms with Crippen molar-refractivity contribution in [3.05, 3.63) is 0 Å². The Morgan fingerprint density at radius 1 is 1.05 bits per heavy atom. The summed E-state index contributed by atoms with van der Waals surface area (Å²) >= 11 is 0. The lowest BCUT2D eigenvalue weighted by Crippen LogP contribution is -2.61. The van der Waals surface area contributed by atoms with Gasteiger partial charge in [0.05, 0.1) is 5.54 Å².